The zero-order valence-corrected chi connectivity index (χ0v) is 12.7. The third-order valence-corrected chi connectivity index (χ3v) is 4.15. The molecule has 0 radical (unpaired) electrons. The number of amides is 1. The van der Waals surface area contributed by atoms with Crippen molar-refractivity contribution in [3.63, 3.8) is 0 Å². The summed E-state index contributed by atoms with van der Waals surface area (Å²) in [6.45, 7) is 5.20. The maximum atomic E-state index is 13.7. The van der Waals surface area contributed by atoms with E-state index in [1.807, 2.05) is 11.8 Å². The molecule has 4 heteroatoms. The first-order valence-corrected chi connectivity index (χ1v) is 7.46. The van der Waals surface area contributed by atoms with E-state index in [1.54, 1.807) is 25.1 Å². The highest BCUT2D eigenvalue weighted by atomic mass is 19.1. The zero-order valence-electron chi connectivity index (χ0n) is 12.7. The van der Waals surface area contributed by atoms with E-state index in [-0.39, 0.29) is 17.8 Å². The molecule has 2 atom stereocenters. The number of likely N-dealkylation sites (tertiary alicyclic amines) is 1. The van der Waals surface area contributed by atoms with Gasteiger partial charge < -0.3 is 10.6 Å². The van der Waals surface area contributed by atoms with Crippen molar-refractivity contribution in [3.8, 4) is 0 Å². The number of halogens is 1. The Balaban J connectivity index is 2.10. The fourth-order valence-electron chi connectivity index (χ4n) is 2.77. The molecule has 2 N–H and O–H groups in total. The van der Waals surface area contributed by atoms with Gasteiger partial charge in [0.05, 0.1) is 0 Å². The average molecular weight is 290 g/mol. The largest absolute Gasteiger partial charge is 0.339 e. The van der Waals surface area contributed by atoms with Gasteiger partial charge in [0.15, 0.2) is 0 Å². The number of hydrogen-bond acceptors (Lipinski definition) is 2. The normalized spacial score (nSPS) is 21.2. The number of carbonyl (C=O) groups excluding carboxylic acids is 1. The second-order valence-corrected chi connectivity index (χ2v) is 5.85. The number of rotatable bonds is 3. The van der Waals surface area contributed by atoms with Crippen LogP contribution in [0.15, 0.2) is 30.3 Å². The minimum absolute atomic E-state index is 0.0545. The Morgan fingerprint density at radius 1 is 1.48 bits per heavy atom. The summed E-state index contributed by atoms with van der Waals surface area (Å²) < 4.78 is 13.7. The quantitative estimate of drug-likeness (QED) is 0.870. The Labute approximate surface area is 125 Å². The summed E-state index contributed by atoms with van der Waals surface area (Å²) in [5.74, 6) is -0.00267. The summed E-state index contributed by atoms with van der Waals surface area (Å²) in [7, 11) is 0. The van der Waals surface area contributed by atoms with Gasteiger partial charge in [-0.15, -0.1) is 0 Å². The third kappa shape index (κ3) is 3.91. The van der Waals surface area contributed by atoms with Gasteiger partial charge in [-0.05, 0) is 44.2 Å². The van der Waals surface area contributed by atoms with Gasteiger partial charge in [-0.3, -0.25) is 4.79 Å². The number of nitrogens with zero attached hydrogens (tertiary/aromatic N) is 1. The topological polar surface area (TPSA) is 46.3 Å². The maximum absolute atomic E-state index is 13.7. The van der Waals surface area contributed by atoms with Gasteiger partial charge in [-0.25, -0.2) is 4.39 Å². The lowest BCUT2D eigenvalue weighted by molar-refractivity contribution is -0.127. The molecule has 1 aliphatic heterocycles. The Morgan fingerprint density at radius 3 is 2.86 bits per heavy atom. The van der Waals surface area contributed by atoms with Gasteiger partial charge in [0.1, 0.15) is 5.82 Å². The molecule has 114 valence electrons. The maximum Gasteiger partial charge on any atom is 0.246 e. The fourth-order valence-corrected chi connectivity index (χ4v) is 2.77. The molecule has 0 aliphatic carbocycles. The van der Waals surface area contributed by atoms with Crippen LogP contribution in [0, 0.1) is 11.7 Å². The van der Waals surface area contributed by atoms with E-state index < -0.39 is 0 Å². The molecule has 1 fully saturated rings. The molecule has 3 nitrogen and oxygen atoms in total. The van der Waals surface area contributed by atoms with Crippen molar-refractivity contribution in [2.45, 2.75) is 32.7 Å². The first kappa shape index (κ1) is 15.7. The molecule has 1 heterocycles. The predicted octanol–water partition coefficient (Wildman–Crippen LogP) is 2.81. The van der Waals surface area contributed by atoms with E-state index in [0.29, 0.717) is 23.6 Å². The standard InChI is InChI=1S/C17H23FN2O/c1-12(15-7-3-4-8-16(15)18)10-17(21)20-9-5-6-14(11-20)13(2)19/h3-4,7-8,10,13-14H,5-6,9,11,19H2,1-2H3/b12-10-. The minimum atomic E-state index is -0.300. The second kappa shape index (κ2) is 6.85. The number of benzene rings is 1. The molecule has 21 heavy (non-hydrogen) atoms. The molecule has 0 saturated carbocycles. The molecule has 1 aliphatic rings. The van der Waals surface area contributed by atoms with Crippen LogP contribution in [0.4, 0.5) is 4.39 Å². The second-order valence-electron chi connectivity index (χ2n) is 5.85. The van der Waals surface area contributed by atoms with Crippen molar-refractivity contribution in [2.24, 2.45) is 11.7 Å². The number of nitrogens with two attached hydrogens (primary N) is 1. The third-order valence-electron chi connectivity index (χ3n) is 4.15. The molecule has 1 saturated heterocycles. The van der Waals surface area contributed by atoms with E-state index in [0.717, 1.165) is 19.4 Å². The first-order valence-electron chi connectivity index (χ1n) is 7.46. The van der Waals surface area contributed by atoms with Gasteiger partial charge in [0, 0.05) is 30.8 Å². The van der Waals surface area contributed by atoms with Gasteiger partial charge in [-0.1, -0.05) is 18.2 Å². The molecule has 1 amide bonds. The van der Waals surface area contributed by atoms with Crippen molar-refractivity contribution < 1.29 is 9.18 Å². The van der Waals surface area contributed by atoms with Gasteiger partial charge in [0.2, 0.25) is 5.91 Å². The van der Waals surface area contributed by atoms with Crippen LogP contribution in [0.25, 0.3) is 5.57 Å². The minimum Gasteiger partial charge on any atom is -0.339 e. The van der Waals surface area contributed by atoms with Crippen molar-refractivity contribution >= 4 is 11.5 Å². The Morgan fingerprint density at radius 2 is 2.19 bits per heavy atom. The van der Waals surface area contributed by atoms with E-state index in [2.05, 4.69) is 0 Å². The Bertz CT molecular complexity index is 539. The van der Waals surface area contributed by atoms with Crippen LogP contribution in [0.5, 0.6) is 0 Å². The lowest BCUT2D eigenvalue weighted by Crippen LogP contribution is -2.44. The van der Waals surface area contributed by atoms with Crippen LogP contribution in [0.3, 0.4) is 0 Å². The van der Waals surface area contributed by atoms with Gasteiger partial charge in [0.25, 0.3) is 0 Å². The smallest absolute Gasteiger partial charge is 0.246 e. The molecule has 0 bridgehead atoms. The van der Waals surface area contributed by atoms with Crippen molar-refractivity contribution in [2.75, 3.05) is 13.1 Å². The van der Waals surface area contributed by atoms with Crippen LogP contribution in [-0.2, 0) is 4.79 Å². The highest BCUT2D eigenvalue weighted by Gasteiger charge is 2.25. The predicted molar refractivity (Wildman–Crippen MR) is 83.0 cm³/mol. The van der Waals surface area contributed by atoms with Crippen LogP contribution >= 0.6 is 0 Å². The molecule has 2 rings (SSSR count). The number of piperidine rings is 1. The summed E-state index contributed by atoms with van der Waals surface area (Å²) >= 11 is 0. The van der Waals surface area contributed by atoms with Crippen LogP contribution in [-0.4, -0.2) is 29.9 Å². The molecule has 0 spiro atoms. The molecular weight excluding hydrogens is 267 g/mol. The molecule has 1 aromatic carbocycles. The summed E-state index contributed by atoms with van der Waals surface area (Å²) in [6.07, 6.45) is 3.57. The highest BCUT2D eigenvalue weighted by molar-refractivity contribution is 5.95. The van der Waals surface area contributed by atoms with E-state index in [4.69, 9.17) is 5.73 Å². The van der Waals surface area contributed by atoms with E-state index in [9.17, 15) is 9.18 Å². The number of allylic oxidation sites excluding steroid dienone is 1. The highest BCUT2D eigenvalue weighted by Crippen LogP contribution is 2.21. The fraction of sp³-hybridized carbons (Fsp3) is 0.471. The monoisotopic (exact) mass is 290 g/mol. The van der Waals surface area contributed by atoms with Crippen molar-refractivity contribution in [1.29, 1.82) is 0 Å². The molecule has 2 unspecified atom stereocenters. The Hall–Kier alpha value is -1.68. The lowest BCUT2D eigenvalue weighted by Gasteiger charge is -2.34. The summed E-state index contributed by atoms with van der Waals surface area (Å²) in [5.41, 5.74) is 7.07. The van der Waals surface area contributed by atoms with Crippen LogP contribution < -0.4 is 5.73 Å². The van der Waals surface area contributed by atoms with Crippen LogP contribution in [0.1, 0.15) is 32.3 Å². The summed E-state index contributed by atoms with van der Waals surface area (Å²) in [4.78, 5) is 14.2. The summed E-state index contributed by atoms with van der Waals surface area (Å²) in [5, 5.41) is 0. The Kier molecular flexibility index (Phi) is 5.12. The van der Waals surface area contributed by atoms with E-state index in [1.165, 1.54) is 12.1 Å². The van der Waals surface area contributed by atoms with E-state index >= 15 is 0 Å². The number of hydrogen-bond donors (Lipinski definition) is 1. The molecule has 1 aromatic rings. The first-order chi connectivity index (χ1) is 9.99. The number of carbonyl (C=O) groups is 1. The summed E-state index contributed by atoms with van der Waals surface area (Å²) in [6, 6.07) is 6.61. The SMILES string of the molecule is C/C(=C/C(=O)N1CCCC(C(C)N)C1)c1ccccc1F. The van der Waals surface area contributed by atoms with Gasteiger partial charge >= 0.3 is 0 Å². The van der Waals surface area contributed by atoms with Crippen molar-refractivity contribution in [3.05, 3.63) is 41.7 Å². The average Bonchev–Trinajstić information content (AvgIpc) is 2.47. The van der Waals surface area contributed by atoms with Gasteiger partial charge in [-0.2, -0.15) is 0 Å². The van der Waals surface area contributed by atoms with Crippen molar-refractivity contribution in [1.82, 2.24) is 4.90 Å². The zero-order chi connectivity index (χ0) is 15.4. The molecule has 0 aromatic heterocycles. The molecular formula is C17H23FN2O. The lowest BCUT2D eigenvalue weighted by atomic mass is 9.92. The van der Waals surface area contributed by atoms with Crippen LogP contribution in [0.2, 0.25) is 0 Å².